The first kappa shape index (κ1) is 14.3. The summed E-state index contributed by atoms with van der Waals surface area (Å²) in [5, 5.41) is 13.9. The molecule has 2 aliphatic rings. The number of halogens is 2. The minimum absolute atomic E-state index is 0.00209. The summed E-state index contributed by atoms with van der Waals surface area (Å²) in [4.78, 5) is 0. The topological polar surface area (TPSA) is 37.8 Å². The Kier molecular flexibility index (Phi) is 4.31. The third-order valence-electron chi connectivity index (χ3n) is 4.13. The van der Waals surface area contributed by atoms with Crippen LogP contribution < -0.4 is 5.32 Å². The zero-order chi connectivity index (χ0) is 14.0. The molecule has 20 heavy (non-hydrogen) atoms. The van der Waals surface area contributed by atoms with Gasteiger partial charge < -0.3 is 5.32 Å². The van der Waals surface area contributed by atoms with E-state index in [9.17, 15) is 8.78 Å². The van der Waals surface area contributed by atoms with Crippen LogP contribution in [0.2, 0.25) is 0 Å². The lowest BCUT2D eigenvalue weighted by molar-refractivity contribution is -0.0382. The van der Waals surface area contributed by atoms with E-state index in [0.29, 0.717) is 12.8 Å². The molecule has 0 aromatic carbocycles. The van der Waals surface area contributed by atoms with Crippen LogP contribution in [0.5, 0.6) is 0 Å². The van der Waals surface area contributed by atoms with E-state index in [2.05, 4.69) is 15.5 Å². The van der Waals surface area contributed by atoms with E-state index < -0.39 is 5.92 Å². The number of nitrogens with zero attached hydrogens (tertiary/aromatic N) is 2. The molecule has 1 N–H and O–H groups in total. The lowest BCUT2D eigenvalue weighted by atomic mass is 9.87. The van der Waals surface area contributed by atoms with Crippen LogP contribution in [0.1, 0.15) is 60.9 Å². The second kappa shape index (κ2) is 6.02. The number of rotatable bonds is 6. The van der Waals surface area contributed by atoms with Crippen LogP contribution in [-0.4, -0.2) is 28.7 Å². The number of aryl methyl sites for hydroxylation is 1. The summed E-state index contributed by atoms with van der Waals surface area (Å²) >= 11 is 1.62. The molecule has 0 unspecified atom stereocenters. The molecule has 2 aliphatic carbocycles. The van der Waals surface area contributed by atoms with Gasteiger partial charge in [-0.1, -0.05) is 0 Å². The average molecular weight is 301 g/mol. The minimum atomic E-state index is -2.46. The lowest BCUT2D eigenvalue weighted by Gasteiger charge is -2.26. The molecule has 2 fully saturated rings. The van der Waals surface area contributed by atoms with Crippen molar-refractivity contribution in [1.29, 1.82) is 0 Å². The number of hydrogen-bond donors (Lipinski definition) is 1. The maximum atomic E-state index is 13.1. The predicted molar refractivity (Wildman–Crippen MR) is 75.4 cm³/mol. The Morgan fingerprint density at radius 1 is 1.15 bits per heavy atom. The first-order valence-electron chi connectivity index (χ1n) is 7.56. The second-order valence-corrected chi connectivity index (χ2v) is 7.09. The van der Waals surface area contributed by atoms with Crippen molar-refractivity contribution in [3.63, 3.8) is 0 Å². The van der Waals surface area contributed by atoms with Gasteiger partial charge in [-0.3, -0.25) is 0 Å². The Hall–Kier alpha value is -0.620. The molecule has 2 saturated carbocycles. The fourth-order valence-corrected chi connectivity index (χ4v) is 3.71. The van der Waals surface area contributed by atoms with E-state index in [-0.39, 0.29) is 18.8 Å². The molecule has 1 aromatic heterocycles. The van der Waals surface area contributed by atoms with E-state index in [0.717, 1.165) is 35.4 Å². The van der Waals surface area contributed by atoms with Crippen LogP contribution in [0.25, 0.3) is 0 Å². The zero-order valence-corrected chi connectivity index (χ0v) is 12.4. The average Bonchev–Trinajstić information content (AvgIpc) is 3.12. The molecule has 0 spiro atoms. The van der Waals surface area contributed by atoms with Gasteiger partial charge in [0, 0.05) is 31.2 Å². The fourth-order valence-electron chi connectivity index (χ4n) is 2.65. The highest BCUT2D eigenvalue weighted by atomic mass is 32.1. The molecule has 6 heteroatoms. The molecular weight excluding hydrogens is 280 g/mol. The molecule has 1 heterocycles. The maximum absolute atomic E-state index is 13.1. The Bertz CT molecular complexity index is 435. The van der Waals surface area contributed by atoms with Crippen LogP contribution in [0.4, 0.5) is 8.78 Å². The Morgan fingerprint density at radius 2 is 1.90 bits per heavy atom. The summed E-state index contributed by atoms with van der Waals surface area (Å²) in [6, 6.07) is 0.754. The standard InChI is InChI=1S/C14H21F2N3S/c15-14(16)7-5-10(6-8-14)13-19-18-12(20-13)2-1-9-17-11-3-4-11/h10-11,17H,1-9H2. The van der Waals surface area contributed by atoms with Crippen molar-refractivity contribution in [1.82, 2.24) is 15.5 Å². The third kappa shape index (κ3) is 3.95. The summed E-state index contributed by atoms with van der Waals surface area (Å²) < 4.78 is 26.3. The Morgan fingerprint density at radius 3 is 2.60 bits per heavy atom. The van der Waals surface area contributed by atoms with Crippen molar-refractivity contribution < 1.29 is 8.78 Å². The van der Waals surface area contributed by atoms with Crippen LogP contribution in [-0.2, 0) is 6.42 Å². The molecule has 0 aliphatic heterocycles. The highest BCUT2D eigenvalue weighted by molar-refractivity contribution is 7.11. The van der Waals surface area contributed by atoms with Gasteiger partial charge in [-0.25, -0.2) is 8.78 Å². The van der Waals surface area contributed by atoms with Gasteiger partial charge in [-0.15, -0.1) is 21.5 Å². The molecule has 0 radical (unpaired) electrons. The molecule has 0 amide bonds. The summed E-state index contributed by atoms with van der Waals surface area (Å²) in [7, 11) is 0. The highest BCUT2D eigenvalue weighted by Gasteiger charge is 2.36. The summed E-state index contributed by atoms with van der Waals surface area (Å²) in [5.41, 5.74) is 0. The number of alkyl halides is 2. The first-order chi connectivity index (χ1) is 9.62. The second-order valence-electron chi connectivity index (χ2n) is 6.00. The van der Waals surface area contributed by atoms with Gasteiger partial charge in [-0.05, 0) is 38.6 Å². The van der Waals surface area contributed by atoms with Gasteiger partial charge in [0.05, 0.1) is 0 Å². The molecular formula is C14H21F2N3S. The van der Waals surface area contributed by atoms with E-state index in [1.165, 1.54) is 12.8 Å². The van der Waals surface area contributed by atoms with Crippen LogP contribution in [0, 0.1) is 0 Å². The number of hydrogen-bond acceptors (Lipinski definition) is 4. The van der Waals surface area contributed by atoms with Gasteiger partial charge in [0.15, 0.2) is 0 Å². The van der Waals surface area contributed by atoms with Crippen molar-refractivity contribution in [2.75, 3.05) is 6.54 Å². The van der Waals surface area contributed by atoms with Crippen LogP contribution >= 0.6 is 11.3 Å². The van der Waals surface area contributed by atoms with E-state index >= 15 is 0 Å². The van der Waals surface area contributed by atoms with E-state index in [1.54, 1.807) is 11.3 Å². The van der Waals surface area contributed by atoms with Crippen molar-refractivity contribution in [3.05, 3.63) is 10.0 Å². The van der Waals surface area contributed by atoms with Gasteiger partial charge in [-0.2, -0.15) is 0 Å². The largest absolute Gasteiger partial charge is 0.314 e. The van der Waals surface area contributed by atoms with Gasteiger partial charge in [0.2, 0.25) is 5.92 Å². The highest BCUT2D eigenvalue weighted by Crippen LogP contribution is 2.41. The Labute approximate surface area is 122 Å². The van der Waals surface area contributed by atoms with Crippen molar-refractivity contribution >= 4 is 11.3 Å². The SMILES string of the molecule is FC1(F)CCC(c2nnc(CCCNC3CC3)s2)CC1. The van der Waals surface area contributed by atoms with Gasteiger partial charge >= 0.3 is 0 Å². The number of nitrogens with one attached hydrogen (secondary N) is 1. The third-order valence-corrected chi connectivity index (χ3v) is 5.27. The predicted octanol–water partition coefficient (Wildman–Crippen LogP) is 3.52. The van der Waals surface area contributed by atoms with E-state index in [4.69, 9.17) is 0 Å². The zero-order valence-electron chi connectivity index (χ0n) is 11.6. The molecule has 112 valence electrons. The summed E-state index contributed by atoms with van der Waals surface area (Å²) in [6.45, 7) is 1.04. The normalized spacial score (nSPS) is 23.1. The van der Waals surface area contributed by atoms with Crippen molar-refractivity contribution in [2.24, 2.45) is 0 Å². The van der Waals surface area contributed by atoms with E-state index in [1.807, 2.05) is 0 Å². The smallest absolute Gasteiger partial charge is 0.248 e. The minimum Gasteiger partial charge on any atom is -0.314 e. The fraction of sp³-hybridized carbons (Fsp3) is 0.857. The van der Waals surface area contributed by atoms with Crippen molar-refractivity contribution in [3.8, 4) is 0 Å². The van der Waals surface area contributed by atoms with Crippen molar-refractivity contribution in [2.45, 2.75) is 69.2 Å². The van der Waals surface area contributed by atoms with Gasteiger partial charge in [0.25, 0.3) is 0 Å². The maximum Gasteiger partial charge on any atom is 0.248 e. The Balaban J connectivity index is 1.44. The molecule has 1 aromatic rings. The monoisotopic (exact) mass is 301 g/mol. The summed E-state index contributed by atoms with van der Waals surface area (Å²) in [5.74, 6) is -2.26. The first-order valence-corrected chi connectivity index (χ1v) is 8.37. The molecule has 3 nitrogen and oxygen atoms in total. The molecule has 0 bridgehead atoms. The lowest BCUT2D eigenvalue weighted by Crippen LogP contribution is -2.23. The molecule has 3 rings (SSSR count). The summed E-state index contributed by atoms with van der Waals surface area (Å²) in [6.07, 6.45) is 5.74. The van der Waals surface area contributed by atoms with Crippen LogP contribution in [0.15, 0.2) is 0 Å². The van der Waals surface area contributed by atoms with Gasteiger partial charge in [0.1, 0.15) is 10.0 Å². The van der Waals surface area contributed by atoms with Crippen LogP contribution in [0.3, 0.4) is 0 Å². The quantitative estimate of drug-likeness (QED) is 0.817. The molecule has 0 atom stereocenters. The number of aromatic nitrogens is 2. The molecule has 0 saturated heterocycles.